The van der Waals surface area contributed by atoms with E-state index in [-0.39, 0.29) is 11.9 Å². The van der Waals surface area contributed by atoms with Crippen molar-refractivity contribution in [3.8, 4) is 0 Å². The molecule has 1 aromatic heterocycles. The Morgan fingerprint density at radius 3 is 2.92 bits per heavy atom. The molecule has 0 N–H and O–H groups in total. The molecule has 3 heteroatoms. The summed E-state index contributed by atoms with van der Waals surface area (Å²) in [4.78, 5) is 11.7. The molecule has 1 atom stereocenters. The summed E-state index contributed by atoms with van der Waals surface area (Å²) >= 11 is 0. The van der Waals surface area contributed by atoms with Crippen LogP contribution in [-0.4, -0.2) is 19.0 Å². The highest BCUT2D eigenvalue weighted by Gasteiger charge is 2.36. The van der Waals surface area contributed by atoms with E-state index in [4.69, 9.17) is 9.15 Å². The van der Waals surface area contributed by atoms with Crippen molar-refractivity contribution in [2.45, 2.75) is 18.9 Å². The molecular weight excluding hydrogens is 168 g/mol. The maximum Gasteiger partial charge on any atom is 0.195 e. The summed E-state index contributed by atoms with van der Waals surface area (Å²) < 4.78 is 10.0. The number of rotatable bonds is 4. The second-order valence-corrected chi connectivity index (χ2v) is 3.37. The van der Waals surface area contributed by atoms with Gasteiger partial charge in [0.05, 0.1) is 11.8 Å². The summed E-state index contributed by atoms with van der Waals surface area (Å²) in [6.45, 7) is 0. The molecule has 1 fully saturated rings. The van der Waals surface area contributed by atoms with Gasteiger partial charge in [-0.3, -0.25) is 4.79 Å². The third-order valence-electron chi connectivity index (χ3n) is 2.37. The van der Waals surface area contributed by atoms with Crippen molar-refractivity contribution in [2.24, 2.45) is 5.92 Å². The van der Waals surface area contributed by atoms with Gasteiger partial charge in [-0.15, -0.1) is 0 Å². The quantitative estimate of drug-likeness (QED) is 0.664. The van der Waals surface area contributed by atoms with Gasteiger partial charge in [0, 0.05) is 7.11 Å². The average Bonchev–Trinajstić information content (AvgIpc) is 2.83. The highest BCUT2D eigenvalue weighted by molar-refractivity contribution is 5.99. The van der Waals surface area contributed by atoms with Crippen LogP contribution >= 0.6 is 0 Å². The van der Waals surface area contributed by atoms with Gasteiger partial charge < -0.3 is 9.15 Å². The fourth-order valence-electron chi connectivity index (χ4n) is 1.48. The van der Waals surface area contributed by atoms with Crippen LogP contribution in [0.1, 0.15) is 23.2 Å². The predicted octanol–water partition coefficient (Wildman–Crippen LogP) is 1.89. The molecular formula is C10H12O3. The monoisotopic (exact) mass is 180 g/mol. The van der Waals surface area contributed by atoms with Gasteiger partial charge in [0.1, 0.15) is 12.4 Å². The van der Waals surface area contributed by atoms with Gasteiger partial charge in [0.2, 0.25) is 0 Å². The number of ether oxygens (including phenoxy) is 1. The SMILES string of the molecule is COC(C(=O)c1ccoc1)C1CC1. The van der Waals surface area contributed by atoms with Gasteiger partial charge in [-0.2, -0.15) is 0 Å². The second kappa shape index (κ2) is 3.34. The average molecular weight is 180 g/mol. The highest BCUT2D eigenvalue weighted by Crippen LogP contribution is 2.35. The van der Waals surface area contributed by atoms with E-state index in [0.29, 0.717) is 11.5 Å². The lowest BCUT2D eigenvalue weighted by molar-refractivity contribution is 0.0539. The summed E-state index contributed by atoms with van der Waals surface area (Å²) in [7, 11) is 1.58. The zero-order valence-electron chi connectivity index (χ0n) is 7.53. The smallest absolute Gasteiger partial charge is 0.195 e. The Labute approximate surface area is 76.7 Å². The van der Waals surface area contributed by atoms with Crippen LogP contribution < -0.4 is 0 Å². The lowest BCUT2D eigenvalue weighted by Gasteiger charge is -2.10. The zero-order chi connectivity index (χ0) is 9.26. The Bertz CT molecular complexity index is 285. The van der Waals surface area contributed by atoms with Gasteiger partial charge in [-0.25, -0.2) is 0 Å². The molecule has 0 bridgehead atoms. The van der Waals surface area contributed by atoms with Crippen molar-refractivity contribution in [1.82, 2.24) is 0 Å². The topological polar surface area (TPSA) is 39.4 Å². The van der Waals surface area contributed by atoms with Crippen molar-refractivity contribution in [3.05, 3.63) is 24.2 Å². The van der Waals surface area contributed by atoms with Crippen LogP contribution in [0, 0.1) is 5.92 Å². The fourth-order valence-corrected chi connectivity index (χ4v) is 1.48. The predicted molar refractivity (Wildman–Crippen MR) is 46.6 cm³/mol. The molecule has 13 heavy (non-hydrogen) atoms. The van der Waals surface area contributed by atoms with E-state index < -0.39 is 0 Å². The van der Waals surface area contributed by atoms with Crippen LogP contribution in [-0.2, 0) is 4.74 Å². The lowest BCUT2D eigenvalue weighted by Crippen LogP contribution is -2.24. The number of hydrogen-bond donors (Lipinski definition) is 0. The van der Waals surface area contributed by atoms with Crippen LogP contribution in [0.4, 0.5) is 0 Å². The number of carbonyl (C=O) groups excluding carboxylic acids is 1. The Morgan fingerprint density at radius 1 is 1.69 bits per heavy atom. The van der Waals surface area contributed by atoms with Crippen molar-refractivity contribution in [2.75, 3.05) is 7.11 Å². The molecule has 1 aromatic rings. The van der Waals surface area contributed by atoms with E-state index in [2.05, 4.69) is 0 Å². The van der Waals surface area contributed by atoms with E-state index in [1.165, 1.54) is 12.5 Å². The Morgan fingerprint density at radius 2 is 2.46 bits per heavy atom. The number of carbonyl (C=O) groups is 1. The number of furan rings is 1. The minimum absolute atomic E-state index is 0.0405. The van der Waals surface area contributed by atoms with E-state index in [1.54, 1.807) is 13.2 Å². The molecule has 0 amide bonds. The number of methoxy groups -OCH3 is 1. The summed E-state index contributed by atoms with van der Waals surface area (Å²) in [5.41, 5.74) is 0.610. The number of hydrogen-bond acceptors (Lipinski definition) is 3. The molecule has 0 saturated heterocycles. The van der Waals surface area contributed by atoms with Crippen molar-refractivity contribution in [3.63, 3.8) is 0 Å². The van der Waals surface area contributed by atoms with E-state index in [1.807, 2.05) is 0 Å². The first-order valence-corrected chi connectivity index (χ1v) is 4.42. The van der Waals surface area contributed by atoms with Crippen molar-refractivity contribution < 1.29 is 13.9 Å². The van der Waals surface area contributed by atoms with Crippen LogP contribution in [0.2, 0.25) is 0 Å². The molecule has 2 rings (SSSR count). The molecule has 70 valence electrons. The Kier molecular flexibility index (Phi) is 2.19. The van der Waals surface area contributed by atoms with Crippen molar-refractivity contribution >= 4 is 5.78 Å². The van der Waals surface area contributed by atoms with Crippen LogP contribution in [0.3, 0.4) is 0 Å². The van der Waals surface area contributed by atoms with E-state index in [0.717, 1.165) is 12.8 Å². The molecule has 1 unspecified atom stereocenters. The number of ketones is 1. The zero-order valence-corrected chi connectivity index (χ0v) is 7.53. The van der Waals surface area contributed by atoms with E-state index >= 15 is 0 Å². The molecule has 1 saturated carbocycles. The van der Waals surface area contributed by atoms with Crippen LogP contribution in [0.15, 0.2) is 23.0 Å². The molecule has 0 aliphatic heterocycles. The Hall–Kier alpha value is -1.09. The minimum atomic E-state index is -0.266. The lowest BCUT2D eigenvalue weighted by atomic mass is 10.1. The van der Waals surface area contributed by atoms with Gasteiger partial charge in [-0.1, -0.05) is 0 Å². The van der Waals surface area contributed by atoms with Gasteiger partial charge in [0.15, 0.2) is 5.78 Å². The number of Topliss-reactive ketones (excluding diaryl/α,β-unsaturated/α-hetero) is 1. The Balaban J connectivity index is 2.10. The molecule has 3 nitrogen and oxygen atoms in total. The third-order valence-corrected chi connectivity index (χ3v) is 2.37. The summed E-state index contributed by atoms with van der Waals surface area (Å²) in [6.07, 6.45) is 4.91. The van der Waals surface area contributed by atoms with Gasteiger partial charge in [-0.05, 0) is 24.8 Å². The van der Waals surface area contributed by atoms with Gasteiger partial charge in [0.25, 0.3) is 0 Å². The molecule has 1 aliphatic rings. The molecule has 0 aromatic carbocycles. The first-order chi connectivity index (χ1) is 6.33. The first kappa shape index (κ1) is 8.51. The second-order valence-electron chi connectivity index (χ2n) is 3.37. The van der Waals surface area contributed by atoms with E-state index in [9.17, 15) is 4.79 Å². The molecule has 0 radical (unpaired) electrons. The largest absolute Gasteiger partial charge is 0.472 e. The minimum Gasteiger partial charge on any atom is -0.472 e. The first-order valence-electron chi connectivity index (χ1n) is 4.42. The molecule has 1 aliphatic carbocycles. The maximum atomic E-state index is 11.7. The summed E-state index contributed by atoms with van der Waals surface area (Å²) in [5.74, 6) is 0.464. The summed E-state index contributed by atoms with van der Waals surface area (Å²) in [5, 5.41) is 0. The fraction of sp³-hybridized carbons (Fsp3) is 0.500. The third kappa shape index (κ3) is 1.65. The standard InChI is InChI=1S/C10H12O3/c1-12-10(7-2-3-7)9(11)8-4-5-13-6-8/h4-7,10H,2-3H2,1H3. The van der Waals surface area contributed by atoms with Gasteiger partial charge >= 0.3 is 0 Å². The maximum absolute atomic E-state index is 11.7. The van der Waals surface area contributed by atoms with Crippen LogP contribution in [0.5, 0.6) is 0 Å². The normalized spacial score (nSPS) is 18.5. The van der Waals surface area contributed by atoms with Crippen molar-refractivity contribution in [1.29, 1.82) is 0 Å². The summed E-state index contributed by atoms with van der Waals surface area (Å²) in [6, 6.07) is 1.68. The molecule has 0 spiro atoms. The highest BCUT2D eigenvalue weighted by atomic mass is 16.5. The van der Waals surface area contributed by atoms with Crippen LogP contribution in [0.25, 0.3) is 0 Å². The molecule has 1 heterocycles.